The third-order valence-corrected chi connectivity index (χ3v) is 1.75. The summed E-state index contributed by atoms with van der Waals surface area (Å²) < 4.78 is 0. The molecule has 1 aliphatic carbocycles. The van der Waals surface area contributed by atoms with Crippen molar-refractivity contribution in [1.29, 1.82) is 0 Å². The van der Waals surface area contributed by atoms with E-state index in [1.54, 1.807) is 13.0 Å². The molecule has 0 radical (unpaired) electrons. The Balaban J connectivity index is 2.22. The predicted molar refractivity (Wildman–Crippen MR) is 37.2 cm³/mol. The van der Waals surface area contributed by atoms with Crippen molar-refractivity contribution in [3.8, 4) is 0 Å². The highest BCUT2D eigenvalue weighted by atomic mass is 16.1. The Labute approximate surface area is 55.8 Å². The van der Waals surface area contributed by atoms with Crippen LogP contribution in [0.3, 0.4) is 0 Å². The highest BCUT2D eigenvalue weighted by Gasteiger charge is 2.13. The maximum Gasteiger partial charge on any atom is 0.152 e. The summed E-state index contributed by atoms with van der Waals surface area (Å²) in [7, 11) is 0. The molecule has 0 atom stereocenters. The molecule has 9 heavy (non-hydrogen) atoms. The van der Waals surface area contributed by atoms with E-state index in [0.717, 1.165) is 0 Å². The Morgan fingerprint density at radius 1 is 1.56 bits per heavy atom. The van der Waals surface area contributed by atoms with E-state index in [2.05, 4.69) is 0 Å². The van der Waals surface area contributed by atoms with E-state index in [1.165, 1.54) is 19.3 Å². The van der Waals surface area contributed by atoms with Crippen LogP contribution in [-0.4, -0.2) is 5.78 Å². The average Bonchev–Trinajstić information content (AvgIpc) is 1.60. The van der Waals surface area contributed by atoms with E-state index < -0.39 is 0 Å². The second-order valence-corrected chi connectivity index (χ2v) is 2.66. The van der Waals surface area contributed by atoms with Crippen LogP contribution < -0.4 is 0 Å². The maximum absolute atomic E-state index is 10.4. The third kappa shape index (κ3) is 2.00. The standard InChI is InChI=1S/C8H12O/c1-7(9)5-6-8-3-2-4-8/h5-6,8H,2-4H2,1H3. The lowest BCUT2D eigenvalue weighted by atomic mass is 9.85. The van der Waals surface area contributed by atoms with Crippen LogP contribution in [0.25, 0.3) is 0 Å². The first kappa shape index (κ1) is 6.53. The van der Waals surface area contributed by atoms with Gasteiger partial charge < -0.3 is 0 Å². The fourth-order valence-corrected chi connectivity index (χ4v) is 0.904. The van der Waals surface area contributed by atoms with Crippen molar-refractivity contribution in [2.75, 3.05) is 0 Å². The molecule has 1 nitrogen and oxygen atoms in total. The van der Waals surface area contributed by atoms with Gasteiger partial charge in [-0.05, 0) is 31.8 Å². The molecule has 1 heteroatoms. The van der Waals surface area contributed by atoms with Gasteiger partial charge in [0, 0.05) is 0 Å². The summed E-state index contributed by atoms with van der Waals surface area (Å²) in [4.78, 5) is 10.4. The van der Waals surface area contributed by atoms with Gasteiger partial charge in [-0.3, -0.25) is 4.79 Å². The fourth-order valence-electron chi connectivity index (χ4n) is 0.904. The van der Waals surface area contributed by atoms with Gasteiger partial charge in [-0.25, -0.2) is 0 Å². The molecule has 1 rings (SSSR count). The predicted octanol–water partition coefficient (Wildman–Crippen LogP) is 1.93. The Bertz CT molecular complexity index is 132. The molecule has 0 saturated heterocycles. The second-order valence-electron chi connectivity index (χ2n) is 2.66. The van der Waals surface area contributed by atoms with E-state index in [-0.39, 0.29) is 5.78 Å². The second kappa shape index (κ2) is 2.81. The van der Waals surface area contributed by atoms with Crippen LogP contribution in [0.1, 0.15) is 26.2 Å². The van der Waals surface area contributed by atoms with Crippen LogP contribution >= 0.6 is 0 Å². The molecular weight excluding hydrogens is 112 g/mol. The zero-order chi connectivity index (χ0) is 6.69. The lowest BCUT2D eigenvalue weighted by molar-refractivity contribution is -0.112. The van der Waals surface area contributed by atoms with Crippen LogP contribution in [0, 0.1) is 5.92 Å². The van der Waals surface area contributed by atoms with Crippen LogP contribution in [0.15, 0.2) is 12.2 Å². The monoisotopic (exact) mass is 124 g/mol. The summed E-state index contributed by atoms with van der Waals surface area (Å²) >= 11 is 0. The molecule has 1 aliphatic rings. The highest BCUT2D eigenvalue weighted by Crippen LogP contribution is 2.27. The normalized spacial score (nSPS) is 20.1. The third-order valence-electron chi connectivity index (χ3n) is 1.75. The van der Waals surface area contributed by atoms with E-state index in [1.807, 2.05) is 6.08 Å². The van der Waals surface area contributed by atoms with Gasteiger partial charge in [0.1, 0.15) is 0 Å². The Morgan fingerprint density at radius 3 is 2.56 bits per heavy atom. The first-order valence-electron chi connectivity index (χ1n) is 3.48. The van der Waals surface area contributed by atoms with Crippen LogP contribution in [0.2, 0.25) is 0 Å². The zero-order valence-corrected chi connectivity index (χ0v) is 5.76. The van der Waals surface area contributed by atoms with Crippen LogP contribution in [-0.2, 0) is 4.79 Å². The van der Waals surface area contributed by atoms with E-state index in [9.17, 15) is 4.79 Å². The van der Waals surface area contributed by atoms with Crippen molar-refractivity contribution < 1.29 is 4.79 Å². The van der Waals surface area contributed by atoms with Crippen molar-refractivity contribution in [1.82, 2.24) is 0 Å². The fraction of sp³-hybridized carbons (Fsp3) is 0.625. The number of allylic oxidation sites excluding steroid dienone is 2. The molecule has 0 spiro atoms. The SMILES string of the molecule is CC(=O)C=CC1CCC1. The number of hydrogen-bond donors (Lipinski definition) is 0. The molecule has 1 fully saturated rings. The highest BCUT2D eigenvalue weighted by molar-refractivity contribution is 5.87. The first-order valence-corrected chi connectivity index (χ1v) is 3.48. The molecule has 0 bridgehead atoms. The summed E-state index contributed by atoms with van der Waals surface area (Å²) in [6, 6.07) is 0. The largest absolute Gasteiger partial charge is 0.295 e. The van der Waals surface area contributed by atoms with E-state index in [4.69, 9.17) is 0 Å². The molecule has 0 heterocycles. The molecule has 0 unspecified atom stereocenters. The molecule has 0 aromatic carbocycles. The number of carbonyl (C=O) groups excluding carboxylic acids is 1. The molecule has 0 N–H and O–H groups in total. The van der Waals surface area contributed by atoms with Crippen LogP contribution in [0.4, 0.5) is 0 Å². The number of ketones is 1. The summed E-state index contributed by atoms with van der Waals surface area (Å²) in [5.41, 5.74) is 0. The van der Waals surface area contributed by atoms with Crippen molar-refractivity contribution in [2.24, 2.45) is 5.92 Å². The Hall–Kier alpha value is -0.590. The lowest BCUT2D eigenvalue weighted by Crippen LogP contribution is -2.07. The maximum atomic E-state index is 10.4. The lowest BCUT2D eigenvalue weighted by Gasteiger charge is -2.20. The topological polar surface area (TPSA) is 17.1 Å². The zero-order valence-electron chi connectivity index (χ0n) is 5.76. The molecule has 0 aromatic heterocycles. The Morgan fingerprint density at radius 2 is 2.22 bits per heavy atom. The quantitative estimate of drug-likeness (QED) is 0.514. The van der Waals surface area contributed by atoms with Gasteiger partial charge in [-0.15, -0.1) is 0 Å². The average molecular weight is 124 g/mol. The van der Waals surface area contributed by atoms with Crippen molar-refractivity contribution >= 4 is 5.78 Å². The molecule has 0 aromatic rings. The van der Waals surface area contributed by atoms with E-state index >= 15 is 0 Å². The first-order chi connectivity index (χ1) is 4.29. The van der Waals surface area contributed by atoms with Gasteiger partial charge in [-0.2, -0.15) is 0 Å². The summed E-state index contributed by atoms with van der Waals surface area (Å²) in [5.74, 6) is 0.885. The minimum atomic E-state index is 0.168. The number of hydrogen-bond acceptors (Lipinski definition) is 1. The molecule has 0 aliphatic heterocycles. The van der Waals surface area contributed by atoms with Gasteiger partial charge in [0.05, 0.1) is 0 Å². The minimum absolute atomic E-state index is 0.168. The molecule has 0 amide bonds. The van der Waals surface area contributed by atoms with Crippen molar-refractivity contribution in [3.63, 3.8) is 0 Å². The van der Waals surface area contributed by atoms with Crippen LogP contribution in [0.5, 0.6) is 0 Å². The van der Waals surface area contributed by atoms with Gasteiger partial charge in [0.2, 0.25) is 0 Å². The minimum Gasteiger partial charge on any atom is -0.295 e. The summed E-state index contributed by atoms with van der Waals surface area (Å²) in [6.45, 7) is 1.59. The van der Waals surface area contributed by atoms with Gasteiger partial charge >= 0.3 is 0 Å². The smallest absolute Gasteiger partial charge is 0.152 e. The van der Waals surface area contributed by atoms with E-state index in [0.29, 0.717) is 5.92 Å². The number of carbonyl (C=O) groups is 1. The number of rotatable bonds is 2. The van der Waals surface area contributed by atoms with Crippen molar-refractivity contribution in [3.05, 3.63) is 12.2 Å². The Kier molecular flexibility index (Phi) is 2.04. The molecule has 50 valence electrons. The molecular formula is C8H12O. The van der Waals surface area contributed by atoms with Crippen molar-refractivity contribution in [2.45, 2.75) is 26.2 Å². The van der Waals surface area contributed by atoms with Gasteiger partial charge in [0.15, 0.2) is 5.78 Å². The van der Waals surface area contributed by atoms with Gasteiger partial charge in [0.25, 0.3) is 0 Å². The summed E-state index contributed by atoms with van der Waals surface area (Å²) in [5, 5.41) is 0. The van der Waals surface area contributed by atoms with Gasteiger partial charge in [-0.1, -0.05) is 12.5 Å². The summed E-state index contributed by atoms with van der Waals surface area (Å²) in [6.07, 6.45) is 7.62. The molecule has 1 saturated carbocycles.